The molecule has 1 aliphatic heterocycles. The number of benzene rings is 2. The van der Waals surface area contributed by atoms with Crippen LogP contribution in [0.2, 0.25) is 5.02 Å². The van der Waals surface area contributed by atoms with Crippen molar-refractivity contribution in [2.45, 2.75) is 19.4 Å². The molecule has 3 heterocycles. The average molecular weight is 495 g/mol. The van der Waals surface area contributed by atoms with E-state index in [0.717, 1.165) is 0 Å². The van der Waals surface area contributed by atoms with Crippen LogP contribution >= 0.6 is 22.9 Å². The van der Waals surface area contributed by atoms with E-state index in [0.29, 0.717) is 46.2 Å². The highest BCUT2D eigenvalue weighted by Gasteiger charge is 2.35. The minimum Gasteiger partial charge on any atom is -0.334 e. The van der Waals surface area contributed by atoms with Crippen LogP contribution in [-0.2, 0) is 6.42 Å². The second-order valence-corrected chi connectivity index (χ2v) is 9.32. The highest BCUT2D eigenvalue weighted by atomic mass is 35.5. The first-order chi connectivity index (χ1) is 16.5. The number of nitrogens with zero attached hydrogens (tertiary/aromatic N) is 3. The van der Waals surface area contributed by atoms with Crippen LogP contribution in [0, 0.1) is 5.82 Å². The van der Waals surface area contributed by atoms with Crippen LogP contribution in [-0.4, -0.2) is 27.6 Å². The van der Waals surface area contributed by atoms with Gasteiger partial charge in [0.25, 0.3) is 5.89 Å². The second-order valence-electron chi connectivity index (χ2n) is 7.85. The Bertz CT molecular complexity index is 1350. The Morgan fingerprint density at radius 2 is 2.00 bits per heavy atom. The van der Waals surface area contributed by atoms with E-state index in [1.54, 1.807) is 40.5 Å². The molecular weight excluding hydrogens is 475 g/mol. The van der Waals surface area contributed by atoms with E-state index in [1.165, 1.54) is 17.0 Å². The van der Waals surface area contributed by atoms with Crippen LogP contribution in [0.5, 0.6) is 0 Å². The first-order valence-corrected chi connectivity index (χ1v) is 11.9. The second kappa shape index (κ2) is 9.40. The molecule has 9 heteroatoms. The molecule has 2 amide bonds. The molecule has 0 saturated heterocycles. The van der Waals surface area contributed by atoms with Gasteiger partial charge in [-0.1, -0.05) is 47.1 Å². The smallest absolute Gasteiger partial charge is 0.322 e. The van der Waals surface area contributed by atoms with Gasteiger partial charge in [0.15, 0.2) is 0 Å². The van der Waals surface area contributed by atoms with Gasteiger partial charge in [0, 0.05) is 27.7 Å². The van der Waals surface area contributed by atoms with Gasteiger partial charge < -0.3 is 9.84 Å². The summed E-state index contributed by atoms with van der Waals surface area (Å²) in [6.07, 6.45) is 0.717. The van der Waals surface area contributed by atoms with Crippen LogP contribution in [0.3, 0.4) is 0 Å². The molecule has 1 N–H and O–H groups in total. The van der Waals surface area contributed by atoms with Crippen molar-refractivity contribution in [3.63, 3.8) is 0 Å². The van der Waals surface area contributed by atoms with E-state index in [4.69, 9.17) is 16.1 Å². The number of hydrogen-bond acceptors (Lipinski definition) is 5. The molecule has 0 radical (unpaired) electrons. The number of thiophene rings is 1. The standard InChI is InChI=1S/C25H20ClFN4O2S/c1-15-21(24-29-23(30-33-24)17-4-2-5-18(26)14-17)22(16-7-9-19(27)10-8-16)28-25(32)31(15)12-11-20-6-3-13-34-20/h2-10,13-14,22H,11-12H2,1H3,(H,28,32). The van der Waals surface area contributed by atoms with Gasteiger partial charge in [-0.3, -0.25) is 4.90 Å². The molecular formula is C25H20ClFN4O2S. The van der Waals surface area contributed by atoms with Crippen molar-refractivity contribution < 1.29 is 13.7 Å². The molecule has 5 rings (SSSR count). The van der Waals surface area contributed by atoms with E-state index in [1.807, 2.05) is 36.6 Å². The van der Waals surface area contributed by atoms with Crippen molar-refractivity contribution >= 4 is 34.5 Å². The van der Waals surface area contributed by atoms with Gasteiger partial charge in [0.1, 0.15) is 5.82 Å². The van der Waals surface area contributed by atoms with Gasteiger partial charge in [0.05, 0.1) is 11.6 Å². The Morgan fingerprint density at radius 1 is 1.18 bits per heavy atom. The van der Waals surface area contributed by atoms with Crippen molar-refractivity contribution in [2.75, 3.05) is 6.54 Å². The van der Waals surface area contributed by atoms with Crippen LogP contribution in [0.4, 0.5) is 9.18 Å². The lowest BCUT2D eigenvalue weighted by Gasteiger charge is -2.35. The number of amides is 2. The van der Waals surface area contributed by atoms with Crippen molar-refractivity contribution in [2.24, 2.45) is 0 Å². The van der Waals surface area contributed by atoms with E-state index in [9.17, 15) is 9.18 Å². The summed E-state index contributed by atoms with van der Waals surface area (Å²) in [5.74, 6) is 0.312. The minimum absolute atomic E-state index is 0.235. The predicted octanol–water partition coefficient (Wildman–Crippen LogP) is 6.33. The highest BCUT2D eigenvalue weighted by molar-refractivity contribution is 7.09. The zero-order valence-electron chi connectivity index (χ0n) is 18.2. The Balaban J connectivity index is 1.56. The Kier molecular flexibility index (Phi) is 6.17. The van der Waals surface area contributed by atoms with Crippen LogP contribution < -0.4 is 5.32 Å². The molecule has 1 unspecified atom stereocenters. The minimum atomic E-state index is -0.571. The fourth-order valence-corrected chi connectivity index (χ4v) is 4.88. The fourth-order valence-electron chi connectivity index (χ4n) is 3.99. The van der Waals surface area contributed by atoms with E-state index >= 15 is 0 Å². The summed E-state index contributed by atoms with van der Waals surface area (Å²) >= 11 is 7.77. The van der Waals surface area contributed by atoms with E-state index in [-0.39, 0.29) is 17.7 Å². The molecule has 0 aliphatic carbocycles. The van der Waals surface area contributed by atoms with E-state index < -0.39 is 6.04 Å². The number of halogens is 2. The number of carbonyl (C=O) groups excluding carboxylic acids is 1. The third kappa shape index (κ3) is 4.47. The van der Waals surface area contributed by atoms with Gasteiger partial charge in [-0.15, -0.1) is 11.3 Å². The molecule has 2 aromatic heterocycles. The number of urea groups is 1. The molecule has 4 aromatic rings. The summed E-state index contributed by atoms with van der Waals surface area (Å²) in [5.41, 5.74) is 2.80. The molecule has 2 aromatic carbocycles. The van der Waals surface area contributed by atoms with E-state index in [2.05, 4.69) is 15.5 Å². The topological polar surface area (TPSA) is 71.3 Å². The first kappa shape index (κ1) is 22.3. The number of carbonyl (C=O) groups is 1. The first-order valence-electron chi connectivity index (χ1n) is 10.7. The Hall–Kier alpha value is -3.49. The number of nitrogens with one attached hydrogen (secondary N) is 1. The van der Waals surface area contributed by atoms with Gasteiger partial charge >= 0.3 is 6.03 Å². The van der Waals surface area contributed by atoms with Crippen molar-refractivity contribution in [1.82, 2.24) is 20.4 Å². The number of aromatic nitrogens is 2. The predicted molar refractivity (Wildman–Crippen MR) is 130 cm³/mol. The van der Waals surface area contributed by atoms with Crippen molar-refractivity contribution in [3.05, 3.63) is 98.9 Å². The lowest BCUT2D eigenvalue weighted by atomic mass is 9.94. The van der Waals surface area contributed by atoms with Crippen LogP contribution in [0.1, 0.15) is 29.3 Å². The number of allylic oxidation sites excluding steroid dienone is 1. The fraction of sp³-hybridized carbons (Fsp3) is 0.160. The maximum Gasteiger partial charge on any atom is 0.322 e. The summed E-state index contributed by atoms with van der Waals surface area (Å²) in [7, 11) is 0. The quantitative estimate of drug-likeness (QED) is 0.340. The molecule has 0 spiro atoms. The van der Waals surface area contributed by atoms with Gasteiger partial charge in [-0.2, -0.15) is 4.98 Å². The van der Waals surface area contributed by atoms with Crippen LogP contribution in [0.25, 0.3) is 17.0 Å². The van der Waals surface area contributed by atoms with Gasteiger partial charge in [-0.05, 0) is 54.6 Å². The summed E-state index contributed by atoms with van der Waals surface area (Å²) in [6.45, 7) is 2.36. The lowest BCUT2D eigenvalue weighted by molar-refractivity contribution is 0.205. The van der Waals surface area contributed by atoms with Crippen molar-refractivity contribution in [3.8, 4) is 11.4 Å². The molecule has 0 saturated carbocycles. The molecule has 0 bridgehead atoms. The normalized spacial score (nSPS) is 16.1. The SMILES string of the molecule is CC1=C(c2nc(-c3cccc(Cl)c3)no2)C(c2ccc(F)cc2)NC(=O)N1CCc1cccs1. The average Bonchev–Trinajstić information content (AvgIpc) is 3.52. The monoisotopic (exact) mass is 494 g/mol. The number of rotatable bonds is 6. The molecule has 1 aliphatic rings. The van der Waals surface area contributed by atoms with Crippen molar-refractivity contribution in [1.29, 1.82) is 0 Å². The largest absolute Gasteiger partial charge is 0.334 e. The highest BCUT2D eigenvalue weighted by Crippen LogP contribution is 2.37. The molecule has 172 valence electrons. The number of hydrogen-bond donors (Lipinski definition) is 1. The molecule has 6 nitrogen and oxygen atoms in total. The van der Waals surface area contributed by atoms with Gasteiger partial charge in [0.2, 0.25) is 5.82 Å². The summed E-state index contributed by atoms with van der Waals surface area (Å²) in [6, 6.07) is 16.4. The lowest BCUT2D eigenvalue weighted by Crippen LogP contribution is -2.46. The summed E-state index contributed by atoms with van der Waals surface area (Å²) < 4.78 is 19.3. The Morgan fingerprint density at radius 3 is 2.74 bits per heavy atom. The maximum atomic E-state index is 13.6. The van der Waals surface area contributed by atoms with Crippen LogP contribution in [0.15, 0.2) is 76.3 Å². The molecule has 1 atom stereocenters. The third-order valence-electron chi connectivity index (χ3n) is 5.70. The molecule has 34 heavy (non-hydrogen) atoms. The zero-order chi connectivity index (χ0) is 23.7. The Labute approximate surface area is 204 Å². The van der Waals surface area contributed by atoms with Gasteiger partial charge in [-0.25, -0.2) is 9.18 Å². The zero-order valence-corrected chi connectivity index (χ0v) is 19.7. The molecule has 0 fully saturated rings. The summed E-state index contributed by atoms with van der Waals surface area (Å²) in [4.78, 5) is 20.6. The summed E-state index contributed by atoms with van der Waals surface area (Å²) in [5, 5.41) is 9.75. The maximum absolute atomic E-state index is 13.6. The third-order valence-corrected chi connectivity index (χ3v) is 6.87.